The number of carboxylic acid groups (broad SMARTS) is 1. The highest BCUT2D eigenvalue weighted by Gasteiger charge is 2.26. The predicted molar refractivity (Wildman–Crippen MR) is 59.8 cm³/mol. The zero-order chi connectivity index (χ0) is 13.9. The number of H-pyrrole nitrogens is 1. The number of aromatic nitrogens is 2. The first kappa shape index (κ1) is 13.6. The van der Waals surface area contributed by atoms with Crippen molar-refractivity contribution in [3.8, 4) is 0 Å². The standard InChI is InChI=1S/C9H12N4O5/c1-3(14)5(8(16)17)12-7(15)4-2-11-9(18)13-6(4)10/h2-3,5,14H,1H3,(H,12,15)(H,16,17)(H3,10,11,13,18)/t3-,5-/m0/s1. The Morgan fingerprint density at radius 3 is 2.61 bits per heavy atom. The number of aliphatic hydroxyl groups excluding tert-OH is 1. The van der Waals surface area contributed by atoms with E-state index in [4.69, 9.17) is 10.8 Å². The number of nitrogens with two attached hydrogens (primary N) is 1. The monoisotopic (exact) mass is 256 g/mol. The molecule has 1 aromatic heterocycles. The second-order valence-electron chi connectivity index (χ2n) is 3.55. The number of aromatic amines is 1. The molecule has 0 saturated heterocycles. The molecule has 2 atom stereocenters. The summed E-state index contributed by atoms with van der Waals surface area (Å²) >= 11 is 0. The van der Waals surface area contributed by atoms with E-state index >= 15 is 0 Å². The van der Waals surface area contributed by atoms with Gasteiger partial charge in [0.15, 0.2) is 6.04 Å². The minimum Gasteiger partial charge on any atom is -0.480 e. The van der Waals surface area contributed by atoms with E-state index < -0.39 is 29.7 Å². The van der Waals surface area contributed by atoms with Crippen LogP contribution in [0.4, 0.5) is 5.82 Å². The van der Waals surface area contributed by atoms with Gasteiger partial charge in [-0.3, -0.25) is 9.78 Å². The molecule has 0 aliphatic rings. The molecule has 0 spiro atoms. The SMILES string of the molecule is C[C@H](O)[C@H](NC(=O)c1cnc(=O)[nH]c1N)C(=O)O. The predicted octanol–water partition coefficient (Wildman–Crippen LogP) is -2.08. The summed E-state index contributed by atoms with van der Waals surface area (Å²) in [5.41, 5.74) is 4.48. The largest absolute Gasteiger partial charge is 0.480 e. The third-order valence-corrected chi connectivity index (χ3v) is 2.12. The molecule has 0 aromatic carbocycles. The maximum Gasteiger partial charge on any atom is 0.346 e. The average Bonchev–Trinajstić information content (AvgIpc) is 2.24. The summed E-state index contributed by atoms with van der Waals surface area (Å²) in [6.45, 7) is 1.22. The van der Waals surface area contributed by atoms with Gasteiger partial charge in [-0.15, -0.1) is 0 Å². The van der Waals surface area contributed by atoms with Crippen LogP contribution in [-0.2, 0) is 4.79 Å². The smallest absolute Gasteiger partial charge is 0.346 e. The fourth-order valence-corrected chi connectivity index (χ4v) is 1.20. The van der Waals surface area contributed by atoms with Crippen LogP contribution in [0.1, 0.15) is 17.3 Å². The summed E-state index contributed by atoms with van der Waals surface area (Å²) in [5, 5.41) is 20.0. The minimum atomic E-state index is -1.48. The van der Waals surface area contributed by atoms with Gasteiger partial charge in [-0.2, -0.15) is 0 Å². The molecule has 0 fully saturated rings. The van der Waals surface area contributed by atoms with E-state index in [-0.39, 0.29) is 11.4 Å². The summed E-state index contributed by atoms with van der Waals surface area (Å²) in [5.74, 6) is -2.49. The topological polar surface area (TPSA) is 158 Å². The van der Waals surface area contributed by atoms with Crippen molar-refractivity contribution in [2.45, 2.75) is 19.1 Å². The van der Waals surface area contributed by atoms with Crippen molar-refractivity contribution in [2.24, 2.45) is 0 Å². The molecule has 9 heteroatoms. The van der Waals surface area contributed by atoms with Crippen molar-refractivity contribution in [1.29, 1.82) is 0 Å². The van der Waals surface area contributed by atoms with Gasteiger partial charge in [-0.1, -0.05) is 0 Å². The molecule has 0 bridgehead atoms. The molecule has 0 unspecified atom stereocenters. The number of aliphatic hydroxyl groups is 1. The Bertz CT molecular complexity index is 524. The van der Waals surface area contributed by atoms with Crippen LogP contribution in [0.15, 0.2) is 11.0 Å². The zero-order valence-corrected chi connectivity index (χ0v) is 9.38. The lowest BCUT2D eigenvalue weighted by Gasteiger charge is -2.17. The zero-order valence-electron chi connectivity index (χ0n) is 9.38. The van der Waals surface area contributed by atoms with E-state index in [2.05, 4.69) is 15.3 Å². The second-order valence-corrected chi connectivity index (χ2v) is 3.55. The normalized spacial score (nSPS) is 13.7. The summed E-state index contributed by atoms with van der Waals surface area (Å²) < 4.78 is 0. The summed E-state index contributed by atoms with van der Waals surface area (Å²) in [4.78, 5) is 38.6. The Balaban J connectivity index is 2.94. The van der Waals surface area contributed by atoms with E-state index in [1.807, 2.05) is 0 Å². The van der Waals surface area contributed by atoms with E-state index in [0.29, 0.717) is 0 Å². The van der Waals surface area contributed by atoms with Gasteiger partial charge >= 0.3 is 11.7 Å². The highest BCUT2D eigenvalue weighted by atomic mass is 16.4. The Labute approximate surface area is 101 Å². The first-order valence-electron chi connectivity index (χ1n) is 4.89. The quantitative estimate of drug-likeness (QED) is 0.413. The number of rotatable bonds is 4. The fourth-order valence-electron chi connectivity index (χ4n) is 1.20. The maximum absolute atomic E-state index is 11.7. The third-order valence-electron chi connectivity index (χ3n) is 2.12. The van der Waals surface area contributed by atoms with Gasteiger partial charge in [0, 0.05) is 6.20 Å². The molecule has 98 valence electrons. The molecule has 1 rings (SSSR count). The Kier molecular flexibility index (Phi) is 4.00. The van der Waals surface area contributed by atoms with E-state index in [1.54, 1.807) is 0 Å². The van der Waals surface area contributed by atoms with Crippen molar-refractivity contribution in [2.75, 3.05) is 5.73 Å². The molecule has 9 nitrogen and oxygen atoms in total. The van der Waals surface area contributed by atoms with Crippen LogP contribution < -0.4 is 16.7 Å². The highest BCUT2D eigenvalue weighted by molar-refractivity contribution is 5.99. The summed E-state index contributed by atoms with van der Waals surface area (Å²) in [7, 11) is 0. The number of carbonyl (C=O) groups is 2. The minimum absolute atomic E-state index is 0.179. The number of hydrogen-bond donors (Lipinski definition) is 5. The first-order chi connectivity index (χ1) is 8.32. The Morgan fingerprint density at radius 2 is 2.17 bits per heavy atom. The average molecular weight is 256 g/mol. The molecule has 1 aromatic rings. The van der Waals surface area contributed by atoms with Crippen LogP contribution in [-0.4, -0.2) is 44.2 Å². The first-order valence-corrected chi connectivity index (χ1v) is 4.89. The van der Waals surface area contributed by atoms with Crippen LogP contribution in [0, 0.1) is 0 Å². The van der Waals surface area contributed by atoms with Crippen molar-refractivity contribution in [3.63, 3.8) is 0 Å². The van der Waals surface area contributed by atoms with Crippen LogP contribution in [0.5, 0.6) is 0 Å². The number of hydrogen-bond acceptors (Lipinski definition) is 6. The lowest BCUT2D eigenvalue weighted by Crippen LogP contribution is -2.47. The summed E-state index contributed by atoms with van der Waals surface area (Å²) in [6.07, 6.45) is -0.367. The molecular formula is C9H12N4O5. The molecule has 18 heavy (non-hydrogen) atoms. The lowest BCUT2D eigenvalue weighted by molar-refractivity contribution is -0.141. The number of anilines is 1. The van der Waals surface area contributed by atoms with Gasteiger partial charge < -0.3 is 21.3 Å². The van der Waals surface area contributed by atoms with E-state index in [1.165, 1.54) is 6.92 Å². The van der Waals surface area contributed by atoms with Crippen molar-refractivity contribution in [3.05, 3.63) is 22.2 Å². The second kappa shape index (κ2) is 5.27. The van der Waals surface area contributed by atoms with Crippen molar-refractivity contribution < 1.29 is 19.8 Å². The maximum atomic E-state index is 11.7. The molecule has 1 amide bonds. The van der Waals surface area contributed by atoms with Gasteiger partial charge in [0.2, 0.25) is 0 Å². The van der Waals surface area contributed by atoms with Crippen molar-refractivity contribution in [1.82, 2.24) is 15.3 Å². The van der Waals surface area contributed by atoms with Crippen LogP contribution in [0.25, 0.3) is 0 Å². The van der Waals surface area contributed by atoms with Crippen LogP contribution in [0.3, 0.4) is 0 Å². The van der Waals surface area contributed by atoms with Gasteiger partial charge in [-0.25, -0.2) is 14.6 Å². The number of carboxylic acids is 1. The van der Waals surface area contributed by atoms with E-state index in [0.717, 1.165) is 6.20 Å². The highest BCUT2D eigenvalue weighted by Crippen LogP contribution is 2.04. The van der Waals surface area contributed by atoms with E-state index in [9.17, 15) is 19.5 Å². The summed E-state index contributed by atoms with van der Waals surface area (Å²) in [6, 6.07) is -1.48. The number of aliphatic carboxylic acids is 1. The molecule has 0 radical (unpaired) electrons. The molecule has 0 aliphatic heterocycles. The van der Waals surface area contributed by atoms with Gasteiger partial charge in [-0.05, 0) is 6.92 Å². The molecular weight excluding hydrogens is 244 g/mol. The number of carbonyl (C=O) groups excluding carboxylic acids is 1. The fraction of sp³-hybridized carbons (Fsp3) is 0.333. The number of nitrogens with zero attached hydrogens (tertiary/aromatic N) is 1. The molecule has 6 N–H and O–H groups in total. The number of nitrogen functional groups attached to an aromatic ring is 1. The molecule has 0 saturated carbocycles. The lowest BCUT2D eigenvalue weighted by atomic mass is 10.1. The van der Waals surface area contributed by atoms with Crippen LogP contribution >= 0.6 is 0 Å². The Morgan fingerprint density at radius 1 is 1.56 bits per heavy atom. The van der Waals surface area contributed by atoms with Crippen LogP contribution in [0.2, 0.25) is 0 Å². The Hall–Kier alpha value is -2.42. The molecule has 1 heterocycles. The number of nitrogens with one attached hydrogen (secondary N) is 2. The van der Waals surface area contributed by atoms with Gasteiger partial charge in [0.05, 0.1) is 11.7 Å². The van der Waals surface area contributed by atoms with Gasteiger partial charge in [0.25, 0.3) is 5.91 Å². The van der Waals surface area contributed by atoms with Crippen molar-refractivity contribution >= 4 is 17.7 Å². The van der Waals surface area contributed by atoms with Gasteiger partial charge in [0.1, 0.15) is 5.82 Å². The third kappa shape index (κ3) is 3.04. The number of amides is 1. The molecule has 0 aliphatic carbocycles.